The summed E-state index contributed by atoms with van der Waals surface area (Å²) in [7, 11) is 1.83. The molecule has 84 valence electrons. The maximum atomic E-state index is 13.6. The molecule has 0 saturated carbocycles. The van der Waals surface area contributed by atoms with E-state index in [0.29, 0.717) is 16.4 Å². The van der Waals surface area contributed by atoms with E-state index in [1.807, 2.05) is 11.9 Å². The highest BCUT2D eigenvalue weighted by atomic mass is 35.5. The number of rotatable bonds is 4. The molecular formula is C11H16ClFN2. The number of hydrogen-bond donors (Lipinski definition) is 1. The Labute approximate surface area is 94.8 Å². The first-order chi connectivity index (χ1) is 7.06. The van der Waals surface area contributed by atoms with Gasteiger partial charge in [-0.2, -0.15) is 0 Å². The third-order valence-electron chi connectivity index (χ3n) is 2.27. The van der Waals surface area contributed by atoms with Crippen LogP contribution in [0.15, 0.2) is 12.1 Å². The average molecular weight is 231 g/mol. The summed E-state index contributed by atoms with van der Waals surface area (Å²) in [5, 5.41) is 0.367. The summed E-state index contributed by atoms with van der Waals surface area (Å²) < 4.78 is 13.6. The number of hydrogen-bond acceptors (Lipinski definition) is 2. The molecule has 1 aromatic carbocycles. The van der Waals surface area contributed by atoms with Crippen LogP contribution < -0.4 is 10.6 Å². The molecule has 4 heteroatoms. The Balaban J connectivity index is 2.92. The van der Waals surface area contributed by atoms with E-state index >= 15 is 0 Å². The Morgan fingerprint density at radius 1 is 1.47 bits per heavy atom. The van der Waals surface area contributed by atoms with Crippen LogP contribution in [0.1, 0.15) is 19.8 Å². The number of halogens is 2. The Bertz CT molecular complexity index is 318. The van der Waals surface area contributed by atoms with Crippen molar-refractivity contribution in [2.75, 3.05) is 24.2 Å². The Hall–Kier alpha value is -0.960. The van der Waals surface area contributed by atoms with Crippen LogP contribution in [0.3, 0.4) is 0 Å². The highest BCUT2D eigenvalue weighted by Crippen LogP contribution is 2.30. The van der Waals surface area contributed by atoms with E-state index in [-0.39, 0.29) is 5.82 Å². The average Bonchev–Trinajstić information content (AvgIpc) is 2.12. The molecule has 0 radical (unpaired) electrons. The van der Waals surface area contributed by atoms with Gasteiger partial charge in [0.25, 0.3) is 0 Å². The van der Waals surface area contributed by atoms with Gasteiger partial charge in [-0.1, -0.05) is 24.9 Å². The minimum atomic E-state index is -0.362. The Morgan fingerprint density at radius 3 is 2.67 bits per heavy atom. The van der Waals surface area contributed by atoms with Crippen molar-refractivity contribution in [1.29, 1.82) is 0 Å². The second-order valence-corrected chi connectivity index (χ2v) is 4.02. The minimum absolute atomic E-state index is 0.352. The van der Waals surface area contributed by atoms with E-state index < -0.39 is 0 Å². The fraction of sp³-hybridized carbons (Fsp3) is 0.455. The Kier molecular flexibility index (Phi) is 4.21. The zero-order chi connectivity index (χ0) is 11.4. The smallest absolute Gasteiger partial charge is 0.150 e. The third kappa shape index (κ3) is 2.99. The van der Waals surface area contributed by atoms with Gasteiger partial charge >= 0.3 is 0 Å². The van der Waals surface area contributed by atoms with E-state index in [2.05, 4.69) is 6.92 Å². The third-order valence-corrected chi connectivity index (χ3v) is 2.56. The molecule has 0 unspecified atom stereocenters. The second kappa shape index (κ2) is 5.21. The monoisotopic (exact) mass is 230 g/mol. The summed E-state index contributed by atoms with van der Waals surface area (Å²) >= 11 is 5.95. The molecule has 1 rings (SSSR count). The lowest BCUT2D eigenvalue weighted by atomic mass is 10.2. The van der Waals surface area contributed by atoms with Crippen LogP contribution in [0.5, 0.6) is 0 Å². The van der Waals surface area contributed by atoms with Crippen molar-refractivity contribution in [1.82, 2.24) is 0 Å². The topological polar surface area (TPSA) is 29.3 Å². The SMILES string of the molecule is CCCCN(C)c1c(F)cc(N)cc1Cl. The zero-order valence-electron chi connectivity index (χ0n) is 9.06. The maximum absolute atomic E-state index is 13.6. The van der Waals surface area contributed by atoms with Crippen LogP contribution in [0.4, 0.5) is 15.8 Å². The predicted octanol–water partition coefficient (Wildman–Crippen LogP) is 3.30. The lowest BCUT2D eigenvalue weighted by molar-refractivity contribution is 0.620. The van der Waals surface area contributed by atoms with Crippen LogP contribution in [0.25, 0.3) is 0 Å². The van der Waals surface area contributed by atoms with Gasteiger partial charge < -0.3 is 10.6 Å². The molecule has 0 fully saturated rings. The van der Waals surface area contributed by atoms with Gasteiger partial charge in [-0.15, -0.1) is 0 Å². The molecule has 0 bridgehead atoms. The summed E-state index contributed by atoms with van der Waals surface area (Å²) in [4.78, 5) is 1.82. The molecule has 0 aromatic heterocycles. The van der Waals surface area contributed by atoms with Crippen molar-refractivity contribution in [3.8, 4) is 0 Å². The highest BCUT2D eigenvalue weighted by molar-refractivity contribution is 6.33. The molecular weight excluding hydrogens is 215 g/mol. The lowest BCUT2D eigenvalue weighted by Crippen LogP contribution is -2.20. The van der Waals surface area contributed by atoms with E-state index in [1.165, 1.54) is 6.07 Å². The van der Waals surface area contributed by atoms with Crippen molar-refractivity contribution in [2.24, 2.45) is 0 Å². The van der Waals surface area contributed by atoms with Gasteiger partial charge in [0, 0.05) is 19.3 Å². The number of benzene rings is 1. The second-order valence-electron chi connectivity index (χ2n) is 3.61. The first kappa shape index (κ1) is 12.1. The van der Waals surface area contributed by atoms with E-state index in [4.69, 9.17) is 17.3 Å². The van der Waals surface area contributed by atoms with E-state index in [1.54, 1.807) is 6.07 Å². The fourth-order valence-electron chi connectivity index (χ4n) is 1.46. The highest BCUT2D eigenvalue weighted by Gasteiger charge is 2.12. The van der Waals surface area contributed by atoms with Crippen molar-refractivity contribution < 1.29 is 4.39 Å². The maximum Gasteiger partial charge on any atom is 0.150 e. The quantitative estimate of drug-likeness (QED) is 0.805. The number of unbranched alkanes of at least 4 members (excludes halogenated alkanes) is 1. The standard InChI is InChI=1S/C11H16ClFN2/c1-3-4-5-15(2)11-9(12)6-8(14)7-10(11)13/h6-7H,3-5,14H2,1-2H3. The molecule has 0 aliphatic carbocycles. The summed E-state index contributed by atoms with van der Waals surface area (Å²) in [6.45, 7) is 2.88. The summed E-state index contributed by atoms with van der Waals surface area (Å²) in [6, 6.07) is 2.87. The van der Waals surface area contributed by atoms with Gasteiger partial charge in [-0.25, -0.2) is 4.39 Å². The molecule has 0 aliphatic heterocycles. The van der Waals surface area contributed by atoms with Crippen molar-refractivity contribution in [3.05, 3.63) is 23.0 Å². The summed E-state index contributed by atoms with van der Waals surface area (Å²) in [5.41, 5.74) is 6.27. The van der Waals surface area contributed by atoms with Gasteiger partial charge in [0.15, 0.2) is 0 Å². The van der Waals surface area contributed by atoms with Crippen LogP contribution in [-0.2, 0) is 0 Å². The van der Waals surface area contributed by atoms with Gasteiger partial charge in [-0.05, 0) is 18.6 Å². The number of nitrogens with two attached hydrogens (primary N) is 1. The lowest BCUT2D eigenvalue weighted by Gasteiger charge is -2.21. The van der Waals surface area contributed by atoms with Crippen molar-refractivity contribution in [3.63, 3.8) is 0 Å². The molecule has 0 saturated heterocycles. The summed E-state index contributed by atoms with van der Waals surface area (Å²) in [5.74, 6) is -0.362. The molecule has 15 heavy (non-hydrogen) atoms. The van der Waals surface area contributed by atoms with Crippen LogP contribution >= 0.6 is 11.6 Å². The zero-order valence-corrected chi connectivity index (χ0v) is 9.81. The van der Waals surface area contributed by atoms with Crippen LogP contribution in [0.2, 0.25) is 5.02 Å². The largest absolute Gasteiger partial charge is 0.399 e. The van der Waals surface area contributed by atoms with Crippen LogP contribution in [-0.4, -0.2) is 13.6 Å². The first-order valence-corrected chi connectivity index (χ1v) is 5.39. The van der Waals surface area contributed by atoms with Gasteiger partial charge in [0.05, 0.1) is 10.7 Å². The van der Waals surface area contributed by atoms with E-state index in [0.717, 1.165) is 19.4 Å². The first-order valence-electron chi connectivity index (χ1n) is 5.02. The molecule has 0 atom stereocenters. The normalized spacial score (nSPS) is 10.4. The molecule has 0 heterocycles. The molecule has 0 amide bonds. The molecule has 1 aromatic rings. The van der Waals surface area contributed by atoms with Crippen LogP contribution in [0, 0.1) is 5.82 Å². The van der Waals surface area contributed by atoms with Gasteiger partial charge in [-0.3, -0.25) is 0 Å². The number of anilines is 2. The van der Waals surface area contributed by atoms with Gasteiger partial charge in [0.1, 0.15) is 5.82 Å². The molecule has 2 N–H and O–H groups in total. The molecule has 0 spiro atoms. The van der Waals surface area contributed by atoms with Crippen molar-refractivity contribution >= 4 is 23.0 Å². The Morgan fingerprint density at radius 2 is 2.13 bits per heavy atom. The molecule has 2 nitrogen and oxygen atoms in total. The number of nitrogen functional groups attached to an aromatic ring is 1. The van der Waals surface area contributed by atoms with E-state index in [9.17, 15) is 4.39 Å². The molecule has 0 aliphatic rings. The van der Waals surface area contributed by atoms with Crippen molar-refractivity contribution in [2.45, 2.75) is 19.8 Å². The summed E-state index contributed by atoms with van der Waals surface area (Å²) in [6.07, 6.45) is 2.08. The fourth-order valence-corrected chi connectivity index (χ4v) is 1.82. The number of nitrogens with zero attached hydrogens (tertiary/aromatic N) is 1. The predicted molar refractivity (Wildman–Crippen MR) is 64.0 cm³/mol. The van der Waals surface area contributed by atoms with Gasteiger partial charge in [0.2, 0.25) is 0 Å². The minimum Gasteiger partial charge on any atom is -0.399 e.